The van der Waals surface area contributed by atoms with Gasteiger partial charge in [-0.1, -0.05) is 19.4 Å². The number of hydrazone groups is 1. The lowest BCUT2D eigenvalue weighted by Crippen LogP contribution is -2.16. The fourth-order valence-electron chi connectivity index (χ4n) is 2.73. The monoisotopic (exact) mass is 313 g/mol. The number of aryl methyl sites for hydroxylation is 1. The second kappa shape index (κ2) is 6.83. The number of carbonyl (C=O) groups excluding carboxylic acids is 1. The lowest BCUT2D eigenvalue weighted by Gasteiger charge is -2.19. The number of thiophene rings is 1. The number of rotatable bonds is 4. The Kier molecular flexibility index (Phi) is 4.63. The molecule has 114 valence electrons. The van der Waals surface area contributed by atoms with Crippen molar-refractivity contribution in [2.45, 2.75) is 32.6 Å². The van der Waals surface area contributed by atoms with Crippen molar-refractivity contribution < 1.29 is 4.79 Å². The van der Waals surface area contributed by atoms with Gasteiger partial charge in [0.25, 0.3) is 5.91 Å². The maximum absolute atomic E-state index is 12.2. The van der Waals surface area contributed by atoms with E-state index < -0.39 is 0 Å². The van der Waals surface area contributed by atoms with Crippen LogP contribution in [0.15, 0.2) is 35.7 Å². The number of carbonyl (C=O) groups is 1. The van der Waals surface area contributed by atoms with Crippen LogP contribution < -0.4 is 5.43 Å². The largest absolute Gasteiger partial charge is 0.281 e. The van der Waals surface area contributed by atoms with Crippen LogP contribution in [0.3, 0.4) is 0 Å². The molecule has 1 aliphatic carbocycles. The van der Waals surface area contributed by atoms with Crippen molar-refractivity contribution in [2.24, 2.45) is 11.0 Å². The molecule has 0 fully saturated rings. The highest BCUT2D eigenvalue weighted by atomic mass is 32.1. The zero-order valence-electron chi connectivity index (χ0n) is 12.6. The van der Waals surface area contributed by atoms with E-state index in [-0.39, 0.29) is 5.91 Å². The summed E-state index contributed by atoms with van der Waals surface area (Å²) in [4.78, 5) is 18.3. The number of hydrogen-bond donors (Lipinski definition) is 1. The van der Waals surface area contributed by atoms with Gasteiger partial charge in [0.2, 0.25) is 0 Å². The van der Waals surface area contributed by atoms with Crippen molar-refractivity contribution in [1.82, 2.24) is 10.4 Å². The Hall–Kier alpha value is -2.01. The van der Waals surface area contributed by atoms with Crippen molar-refractivity contribution >= 4 is 23.5 Å². The van der Waals surface area contributed by atoms with Crippen LogP contribution in [0.25, 0.3) is 0 Å². The fourth-order valence-corrected chi connectivity index (χ4v) is 3.83. The molecule has 0 aromatic carbocycles. The van der Waals surface area contributed by atoms with Gasteiger partial charge in [0.1, 0.15) is 0 Å². The molecule has 2 aromatic rings. The lowest BCUT2D eigenvalue weighted by molar-refractivity contribution is 0.0959. The first-order valence-electron chi connectivity index (χ1n) is 7.61. The van der Waals surface area contributed by atoms with E-state index in [9.17, 15) is 4.79 Å². The van der Waals surface area contributed by atoms with Gasteiger partial charge in [0, 0.05) is 22.8 Å². The Morgan fingerprint density at radius 3 is 3.27 bits per heavy atom. The molecule has 2 heterocycles. The highest BCUT2D eigenvalue weighted by molar-refractivity contribution is 7.14. The molecule has 1 atom stereocenters. The minimum absolute atomic E-state index is 0.132. The van der Waals surface area contributed by atoms with E-state index in [1.807, 2.05) is 18.2 Å². The third-order valence-electron chi connectivity index (χ3n) is 4.05. The Morgan fingerprint density at radius 1 is 1.59 bits per heavy atom. The number of nitrogens with zero attached hydrogens (tertiary/aromatic N) is 2. The van der Waals surface area contributed by atoms with Crippen molar-refractivity contribution in [2.75, 3.05) is 0 Å². The summed E-state index contributed by atoms with van der Waals surface area (Å²) < 4.78 is 0. The van der Waals surface area contributed by atoms with Crippen LogP contribution >= 0.6 is 11.3 Å². The van der Waals surface area contributed by atoms with Crippen molar-refractivity contribution in [3.63, 3.8) is 0 Å². The summed E-state index contributed by atoms with van der Waals surface area (Å²) in [6.07, 6.45) is 9.67. The lowest BCUT2D eigenvalue weighted by atomic mass is 9.87. The van der Waals surface area contributed by atoms with Crippen molar-refractivity contribution in [1.29, 1.82) is 0 Å². The number of amides is 1. The first-order valence-corrected chi connectivity index (χ1v) is 8.43. The van der Waals surface area contributed by atoms with E-state index in [1.165, 1.54) is 23.3 Å². The van der Waals surface area contributed by atoms with Gasteiger partial charge in [-0.2, -0.15) is 5.10 Å². The molecule has 3 rings (SSSR count). The maximum Gasteiger partial charge on any atom is 0.281 e. The van der Waals surface area contributed by atoms with Gasteiger partial charge < -0.3 is 0 Å². The van der Waals surface area contributed by atoms with Gasteiger partial charge in [-0.15, -0.1) is 11.3 Å². The molecule has 1 amide bonds. The topological polar surface area (TPSA) is 54.4 Å². The van der Waals surface area contributed by atoms with E-state index in [0.29, 0.717) is 0 Å². The molecular formula is C17H19N3OS. The van der Waals surface area contributed by atoms with Crippen molar-refractivity contribution in [3.8, 4) is 0 Å². The average Bonchev–Trinajstić information content (AvgIpc) is 2.99. The Balaban J connectivity index is 1.64. The van der Waals surface area contributed by atoms with Gasteiger partial charge in [0.15, 0.2) is 0 Å². The maximum atomic E-state index is 12.2. The molecule has 0 saturated heterocycles. The molecule has 5 heteroatoms. The number of hydrogen-bond acceptors (Lipinski definition) is 4. The molecule has 1 aliphatic rings. The Labute approximate surface area is 134 Å². The predicted octanol–water partition coefficient (Wildman–Crippen LogP) is 3.42. The van der Waals surface area contributed by atoms with E-state index in [0.717, 1.165) is 29.2 Å². The zero-order chi connectivity index (χ0) is 15.4. The molecule has 0 saturated carbocycles. The highest BCUT2D eigenvalue weighted by Crippen LogP contribution is 2.33. The second-order valence-corrected chi connectivity index (χ2v) is 6.70. The molecule has 0 bridgehead atoms. The van der Waals surface area contributed by atoms with Crippen LogP contribution in [0, 0.1) is 5.92 Å². The summed E-state index contributed by atoms with van der Waals surface area (Å²) in [7, 11) is 0. The molecule has 1 N–H and O–H groups in total. The first-order chi connectivity index (χ1) is 10.8. The minimum Gasteiger partial charge on any atom is -0.266 e. The molecule has 0 aliphatic heterocycles. The third-order valence-corrected chi connectivity index (χ3v) is 5.29. The quantitative estimate of drug-likeness (QED) is 0.694. The molecule has 0 unspecified atom stereocenters. The van der Waals surface area contributed by atoms with E-state index >= 15 is 0 Å². The summed E-state index contributed by atoms with van der Waals surface area (Å²) in [5, 5.41) is 4.00. The summed E-state index contributed by atoms with van der Waals surface area (Å²) in [6.45, 7) is 2.24. The normalized spacial score (nSPS) is 17.4. The third kappa shape index (κ3) is 3.42. The van der Waals surface area contributed by atoms with Crippen molar-refractivity contribution in [3.05, 3.63) is 51.5 Å². The van der Waals surface area contributed by atoms with Gasteiger partial charge in [0.05, 0.1) is 11.1 Å². The second-order valence-electron chi connectivity index (χ2n) is 5.56. The summed E-state index contributed by atoms with van der Waals surface area (Å²) in [5.74, 6) is 0.634. The van der Waals surface area contributed by atoms with E-state index in [1.54, 1.807) is 29.9 Å². The smallest absolute Gasteiger partial charge is 0.266 e. The standard InChI is InChI=1S/C17H19N3OS/c1-2-12-5-6-15-14(8-12)9-16(22-15)17(21)20-19-11-13-4-3-7-18-10-13/h3-4,7,9-12H,2,5-6,8H2,1H3,(H,20,21)/b19-11-/t12-/m1/s1. The van der Waals surface area contributed by atoms with Gasteiger partial charge in [-0.05, 0) is 42.9 Å². The summed E-state index contributed by atoms with van der Waals surface area (Å²) in [6, 6.07) is 5.76. The van der Waals surface area contributed by atoms with Crippen LogP contribution in [-0.4, -0.2) is 17.1 Å². The van der Waals surface area contributed by atoms with E-state index in [4.69, 9.17) is 0 Å². The van der Waals surface area contributed by atoms with Gasteiger partial charge in [-0.3, -0.25) is 9.78 Å². The SMILES string of the molecule is CC[C@@H]1CCc2sc(C(=O)N/N=C\c3cccnc3)cc2C1. The van der Waals surface area contributed by atoms with Crippen LogP contribution in [-0.2, 0) is 12.8 Å². The molecular weight excluding hydrogens is 294 g/mol. The number of aromatic nitrogens is 1. The summed E-state index contributed by atoms with van der Waals surface area (Å²) in [5.41, 5.74) is 4.81. The Bertz CT molecular complexity index is 678. The van der Waals surface area contributed by atoms with Crippen LogP contribution in [0.5, 0.6) is 0 Å². The van der Waals surface area contributed by atoms with E-state index in [2.05, 4.69) is 22.4 Å². The number of pyridine rings is 1. The Morgan fingerprint density at radius 2 is 2.50 bits per heavy atom. The van der Waals surface area contributed by atoms with Gasteiger partial charge in [-0.25, -0.2) is 5.43 Å². The van der Waals surface area contributed by atoms with Gasteiger partial charge >= 0.3 is 0 Å². The molecule has 2 aromatic heterocycles. The number of fused-ring (bicyclic) bond motifs is 1. The molecule has 0 spiro atoms. The summed E-state index contributed by atoms with van der Waals surface area (Å²) >= 11 is 1.60. The average molecular weight is 313 g/mol. The van der Waals surface area contributed by atoms with Crippen LogP contribution in [0.4, 0.5) is 0 Å². The highest BCUT2D eigenvalue weighted by Gasteiger charge is 2.21. The van der Waals surface area contributed by atoms with Crippen LogP contribution in [0.1, 0.15) is 45.4 Å². The fraction of sp³-hybridized carbons (Fsp3) is 0.353. The minimum atomic E-state index is -0.132. The van der Waals surface area contributed by atoms with Crippen LogP contribution in [0.2, 0.25) is 0 Å². The molecule has 22 heavy (non-hydrogen) atoms. The molecule has 4 nitrogen and oxygen atoms in total. The molecule has 0 radical (unpaired) electrons. The number of nitrogens with one attached hydrogen (secondary N) is 1. The zero-order valence-corrected chi connectivity index (χ0v) is 13.4. The first kappa shape index (κ1) is 14.9. The predicted molar refractivity (Wildman–Crippen MR) is 89.4 cm³/mol.